The Hall–Kier alpha value is 0.234. The van der Waals surface area contributed by atoms with Crippen molar-refractivity contribution in [3.8, 4) is 0 Å². The predicted octanol–water partition coefficient (Wildman–Crippen LogP) is 0.716. The summed E-state index contributed by atoms with van der Waals surface area (Å²) in [5.41, 5.74) is 0. The zero-order valence-corrected chi connectivity index (χ0v) is 12.1. The van der Waals surface area contributed by atoms with Crippen LogP contribution in [-0.4, -0.2) is 51.8 Å². The van der Waals surface area contributed by atoms with Crippen LogP contribution in [0.5, 0.6) is 0 Å². The van der Waals surface area contributed by atoms with Gasteiger partial charge in [-0.15, -0.1) is 0 Å². The van der Waals surface area contributed by atoms with E-state index < -0.39 is 8.32 Å². The molecule has 0 aliphatic heterocycles. The quantitative estimate of drug-likeness (QED) is 0.326. The van der Waals surface area contributed by atoms with Crippen molar-refractivity contribution in [2.45, 2.75) is 19.6 Å². The van der Waals surface area contributed by atoms with E-state index in [4.69, 9.17) is 18.3 Å². The fourth-order valence-corrected chi connectivity index (χ4v) is 3.20. The topological polar surface area (TPSA) is 46.2 Å². The Kier molecular flexibility index (Phi) is 9.61. The Bertz CT molecular complexity index is 139. The first-order chi connectivity index (χ1) is 7.06. The summed E-state index contributed by atoms with van der Waals surface area (Å²) < 4.78 is 25.5. The van der Waals surface area contributed by atoms with Crippen molar-refractivity contribution in [3.05, 3.63) is 0 Å². The molecule has 0 saturated heterocycles. The molecule has 0 heterocycles. The Morgan fingerprint density at radius 2 is 1.67 bits per heavy atom. The van der Waals surface area contributed by atoms with E-state index in [2.05, 4.69) is 24.4 Å². The molecular formula is C8H21O5Si2. The van der Waals surface area contributed by atoms with Gasteiger partial charge in [0.1, 0.15) is 13.6 Å². The summed E-state index contributed by atoms with van der Waals surface area (Å²) in [4.78, 5) is 0. The molecular weight excluding hydrogens is 232 g/mol. The highest BCUT2D eigenvalue weighted by molar-refractivity contribution is 6.70. The molecule has 0 bridgehead atoms. The van der Waals surface area contributed by atoms with Crippen molar-refractivity contribution in [2.24, 2.45) is 0 Å². The van der Waals surface area contributed by atoms with E-state index in [0.717, 1.165) is 0 Å². The van der Waals surface area contributed by atoms with Gasteiger partial charge in [0.25, 0.3) is 0 Å². The van der Waals surface area contributed by atoms with Crippen LogP contribution in [-0.2, 0) is 23.1 Å². The van der Waals surface area contributed by atoms with Crippen LogP contribution in [0.25, 0.3) is 0 Å². The molecule has 0 N–H and O–H groups in total. The van der Waals surface area contributed by atoms with Crippen LogP contribution in [0.15, 0.2) is 0 Å². The monoisotopic (exact) mass is 253 g/mol. The molecule has 0 atom stereocenters. The van der Waals surface area contributed by atoms with Gasteiger partial charge in [0.15, 0.2) is 15.1 Å². The average molecular weight is 253 g/mol. The van der Waals surface area contributed by atoms with E-state index in [0.29, 0.717) is 6.23 Å². The van der Waals surface area contributed by atoms with E-state index in [1.807, 2.05) is 0 Å². The first-order valence-corrected chi connectivity index (χ1v) is 9.47. The highest BCUT2D eigenvalue weighted by Gasteiger charge is 2.13. The minimum absolute atomic E-state index is 0.144. The lowest BCUT2D eigenvalue weighted by molar-refractivity contribution is -0.145. The van der Waals surface area contributed by atoms with Crippen LogP contribution in [0.1, 0.15) is 0 Å². The van der Waals surface area contributed by atoms with Crippen molar-refractivity contribution in [1.29, 1.82) is 0 Å². The number of rotatable bonds is 10. The molecule has 5 nitrogen and oxygen atoms in total. The summed E-state index contributed by atoms with van der Waals surface area (Å²) in [6, 6.07) is 0. The Balaban J connectivity index is 2.99. The average Bonchev–Trinajstić information content (AvgIpc) is 2.14. The largest absolute Gasteiger partial charge is 0.419 e. The van der Waals surface area contributed by atoms with E-state index in [1.165, 1.54) is 0 Å². The van der Waals surface area contributed by atoms with Gasteiger partial charge < -0.3 is 23.1 Å². The molecule has 0 fully saturated rings. The van der Waals surface area contributed by atoms with Crippen LogP contribution >= 0.6 is 0 Å². The van der Waals surface area contributed by atoms with Crippen molar-refractivity contribution < 1.29 is 23.1 Å². The maximum absolute atomic E-state index is 5.62. The summed E-state index contributed by atoms with van der Waals surface area (Å²) in [7, 11) is 0.0350. The smallest absolute Gasteiger partial charge is 0.222 e. The third-order valence-electron chi connectivity index (χ3n) is 1.22. The maximum Gasteiger partial charge on any atom is 0.222 e. The van der Waals surface area contributed by atoms with Gasteiger partial charge in [0, 0.05) is 13.3 Å². The standard InChI is InChI=1S/C8H21O5Si2/c1-9-5-10-6-11-7-12-14-8-13-15(2,3)4/h14H,5-8H2,1-4H3. The second kappa shape index (κ2) is 9.46. The molecule has 91 valence electrons. The van der Waals surface area contributed by atoms with Crippen molar-refractivity contribution in [3.63, 3.8) is 0 Å². The Morgan fingerprint density at radius 3 is 2.27 bits per heavy atom. The predicted molar refractivity (Wildman–Crippen MR) is 61.3 cm³/mol. The molecule has 0 aromatic rings. The lowest BCUT2D eigenvalue weighted by Gasteiger charge is -2.16. The van der Waals surface area contributed by atoms with E-state index in [-0.39, 0.29) is 30.1 Å². The molecule has 0 unspecified atom stereocenters. The second-order valence-electron chi connectivity index (χ2n) is 3.81. The Labute approximate surface area is 95.1 Å². The minimum Gasteiger partial charge on any atom is -0.419 e. The normalized spacial score (nSPS) is 12.0. The third-order valence-corrected chi connectivity index (χ3v) is 3.26. The highest BCUT2D eigenvalue weighted by Crippen LogP contribution is 2.00. The fraction of sp³-hybridized carbons (Fsp3) is 1.00. The van der Waals surface area contributed by atoms with Gasteiger partial charge in [0.2, 0.25) is 9.76 Å². The van der Waals surface area contributed by atoms with Gasteiger partial charge >= 0.3 is 0 Å². The SMILES string of the molecule is COCOCOCO[SiH]CO[Si](C)(C)C. The number of hydrogen-bond acceptors (Lipinski definition) is 5. The van der Waals surface area contributed by atoms with Crippen LogP contribution in [0.3, 0.4) is 0 Å². The van der Waals surface area contributed by atoms with Crippen LogP contribution < -0.4 is 0 Å². The van der Waals surface area contributed by atoms with Gasteiger partial charge in [0.05, 0.1) is 0 Å². The van der Waals surface area contributed by atoms with Crippen LogP contribution in [0.2, 0.25) is 19.6 Å². The molecule has 1 radical (unpaired) electrons. The number of hydrogen-bond donors (Lipinski definition) is 0. The summed E-state index contributed by atoms with van der Waals surface area (Å²) >= 11 is 0. The molecule has 0 spiro atoms. The second-order valence-corrected chi connectivity index (χ2v) is 9.32. The lowest BCUT2D eigenvalue weighted by Crippen LogP contribution is -2.28. The molecule has 0 aromatic carbocycles. The maximum atomic E-state index is 5.62. The van der Waals surface area contributed by atoms with Gasteiger partial charge in [-0.2, -0.15) is 0 Å². The molecule has 0 aliphatic rings. The van der Waals surface area contributed by atoms with Crippen molar-refractivity contribution >= 4 is 18.1 Å². The van der Waals surface area contributed by atoms with Crippen molar-refractivity contribution in [2.75, 3.05) is 33.7 Å². The van der Waals surface area contributed by atoms with E-state index in [9.17, 15) is 0 Å². The van der Waals surface area contributed by atoms with Crippen molar-refractivity contribution in [1.82, 2.24) is 0 Å². The fourth-order valence-electron chi connectivity index (χ4n) is 0.639. The first kappa shape index (κ1) is 15.2. The minimum atomic E-state index is -1.38. The highest BCUT2D eigenvalue weighted by atomic mass is 28.4. The van der Waals surface area contributed by atoms with E-state index in [1.54, 1.807) is 7.11 Å². The van der Waals surface area contributed by atoms with E-state index >= 15 is 0 Å². The van der Waals surface area contributed by atoms with Gasteiger partial charge in [-0.05, 0) is 19.6 Å². The molecule has 0 rings (SSSR count). The van der Waals surface area contributed by atoms with Gasteiger partial charge in [-0.3, -0.25) is 0 Å². The molecule has 0 aromatic heterocycles. The van der Waals surface area contributed by atoms with Crippen LogP contribution in [0, 0.1) is 0 Å². The number of methoxy groups -OCH3 is 1. The third kappa shape index (κ3) is 14.2. The molecule has 7 heteroatoms. The summed E-state index contributed by atoms with van der Waals surface area (Å²) in [5.74, 6) is 0. The van der Waals surface area contributed by atoms with Crippen LogP contribution in [0.4, 0.5) is 0 Å². The summed E-state index contributed by atoms with van der Waals surface area (Å²) in [6.45, 7) is 7.16. The first-order valence-electron chi connectivity index (χ1n) is 4.78. The Morgan fingerprint density at radius 1 is 1.00 bits per heavy atom. The van der Waals surface area contributed by atoms with Gasteiger partial charge in [-0.25, -0.2) is 0 Å². The zero-order chi connectivity index (χ0) is 11.6. The zero-order valence-electron chi connectivity index (χ0n) is 9.95. The number of ether oxygens (including phenoxy) is 3. The molecule has 0 saturated carbocycles. The molecule has 15 heavy (non-hydrogen) atoms. The lowest BCUT2D eigenvalue weighted by atomic mass is 11.3. The molecule has 0 amide bonds. The summed E-state index contributed by atoms with van der Waals surface area (Å²) in [5, 5.41) is 0. The molecule has 0 aliphatic carbocycles. The van der Waals surface area contributed by atoms with Gasteiger partial charge in [-0.1, -0.05) is 0 Å². The summed E-state index contributed by atoms with van der Waals surface area (Å²) in [6.07, 6.45) is 0.706.